The van der Waals surface area contributed by atoms with E-state index >= 15 is 0 Å². The Labute approximate surface area is 200 Å². The van der Waals surface area contributed by atoms with E-state index in [0.717, 1.165) is 30.7 Å². The van der Waals surface area contributed by atoms with Crippen LogP contribution < -0.4 is 10.3 Å². The van der Waals surface area contributed by atoms with Crippen molar-refractivity contribution in [2.75, 3.05) is 6.54 Å². The topological polar surface area (TPSA) is 64.4 Å². The molecule has 0 spiro atoms. The maximum Gasteiger partial charge on any atom is 0.316 e. The van der Waals surface area contributed by atoms with E-state index in [4.69, 9.17) is 4.74 Å². The number of benzene rings is 2. The van der Waals surface area contributed by atoms with Gasteiger partial charge in [-0.2, -0.15) is 4.98 Å². The van der Waals surface area contributed by atoms with Gasteiger partial charge in [0, 0.05) is 25.0 Å². The van der Waals surface area contributed by atoms with Gasteiger partial charge >= 0.3 is 5.56 Å². The van der Waals surface area contributed by atoms with Gasteiger partial charge < -0.3 is 14.2 Å². The van der Waals surface area contributed by atoms with Crippen LogP contribution >= 0.6 is 0 Å². The standard InChI is InChI=1S/C28H31N3O3/c1-19(2)30-16-17-31-24(28(30)33)25(34-18-20-10-5-3-6-11-20)27(32)29-26(31)23-15-9-14-22(23)21-12-7-4-8-13-21/h3-8,10-13,19,22-23H,9,14-18H2,1-2H3/t22-,23-/m1/s1. The third kappa shape index (κ3) is 4.13. The molecule has 1 aliphatic heterocycles. The van der Waals surface area contributed by atoms with Crippen LogP contribution in [-0.2, 0) is 13.2 Å². The van der Waals surface area contributed by atoms with Crippen LogP contribution in [0.2, 0.25) is 0 Å². The van der Waals surface area contributed by atoms with Gasteiger partial charge in [-0.05, 0) is 43.7 Å². The zero-order valence-corrected chi connectivity index (χ0v) is 19.8. The molecule has 2 heterocycles. The molecule has 0 bridgehead atoms. The molecule has 5 rings (SSSR count). The van der Waals surface area contributed by atoms with Gasteiger partial charge in [-0.15, -0.1) is 0 Å². The lowest BCUT2D eigenvalue weighted by atomic mass is 9.88. The number of carbonyl (C=O) groups excluding carboxylic acids is 1. The molecule has 0 unspecified atom stereocenters. The maximum atomic E-state index is 13.6. The minimum Gasteiger partial charge on any atom is -0.481 e. The number of aromatic nitrogens is 2. The summed E-state index contributed by atoms with van der Waals surface area (Å²) >= 11 is 0. The van der Waals surface area contributed by atoms with Crippen LogP contribution in [0.25, 0.3) is 0 Å². The average Bonchev–Trinajstić information content (AvgIpc) is 3.34. The minimum atomic E-state index is -0.449. The summed E-state index contributed by atoms with van der Waals surface area (Å²) in [5.41, 5.74) is 2.11. The van der Waals surface area contributed by atoms with Crippen LogP contribution in [-0.4, -0.2) is 32.9 Å². The second kappa shape index (κ2) is 9.45. The first-order chi connectivity index (χ1) is 16.5. The van der Waals surface area contributed by atoms with Crippen molar-refractivity contribution < 1.29 is 9.53 Å². The molecule has 0 radical (unpaired) electrons. The highest BCUT2D eigenvalue weighted by Gasteiger charge is 2.38. The third-order valence-corrected chi connectivity index (χ3v) is 7.12. The van der Waals surface area contributed by atoms with Crippen molar-refractivity contribution in [3.05, 3.63) is 93.7 Å². The SMILES string of the molecule is CC(C)N1CCn2c([C@@H]3CCC[C@@H]3c3ccccc3)nc(=O)c(OCc3ccccc3)c2C1=O. The Morgan fingerprint density at radius 1 is 0.941 bits per heavy atom. The number of ether oxygens (including phenoxy) is 1. The summed E-state index contributed by atoms with van der Waals surface area (Å²) in [4.78, 5) is 33.3. The van der Waals surface area contributed by atoms with Crippen molar-refractivity contribution in [3.8, 4) is 5.75 Å². The van der Waals surface area contributed by atoms with Gasteiger partial charge in [0.1, 0.15) is 12.4 Å². The van der Waals surface area contributed by atoms with Crippen molar-refractivity contribution in [2.45, 2.75) is 64.1 Å². The monoisotopic (exact) mass is 457 g/mol. The quantitative estimate of drug-likeness (QED) is 0.536. The number of hydrogen-bond acceptors (Lipinski definition) is 4. The summed E-state index contributed by atoms with van der Waals surface area (Å²) in [7, 11) is 0. The predicted octanol–water partition coefficient (Wildman–Crippen LogP) is 4.74. The molecule has 2 aromatic carbocycles. The number of fused-ring (bicyclic) bond motifs is 1. The van der Waals surface area contributed by atoms with Crippen LogP contribution in [0.1, 0.15) is 72.4 Å². The highest BCUT2D eigenvalue weighted by molar-refractivity contribution is 5.96. The molecule has 0 saturated heterocycles. The second-order valence-electron chi connectivity index (χ2n) is 9.53. The van der Waals surface area contributed by atoms with Gasteiger partial charge in [0.25, 0.3) is 5.91 Å². The molecule has 1 amide bonds. The Balaban J connectivity index is 1.59. The smallest absolute Gasteiger partial charge is 0.316 e. The minimum absolute atomic E-state index is 0.0403. The molecule has 34 heavy (non-hydrogen) atoms. The Kier molecular flexibility index (Phi) is 6.22. The van der Waals surface area contributed by atoms with E-state index < -0.39 is 5.56 Å². The highest BCUT2D eigenvalue weighted by Crippen LogP contribution is 2.45. The molecule has 3 aromatic rings. The van der Waals surface area contributed by atoms with E-state index in [2.05, 4.69) is 29.2 Å². The summed E-state index contributed by atoms with van der Waals surface area (Å²) in [5, 5.41) is 0. The molecule has 6 heteroatoms. The molecular weight excluding hydrogens is 426 g/mol. The molecule has 6 nitrogen and oxygen atoms in total. The average molecular weight is 458 g/mol. The molecule has 0 N–H and O–H groups in total. The number of amides is 1. The van der Waals surface area contributed by atoms with E-state index in [9.17, 15) is 9.59 Å². The zero-order chi connectivity index (χ0) is 23.7. The Bertz CT molecular complexity index is 1220. The third-order valence-electron chi connectivity index (χ3n) is 7.12. The van der Waals surface area contributed by atoms with Crippen molar-refractivity contribution >= 4 is 5.91 Å². The summed E-state index contributed by atoms with van der Waals surface area (Å²) < 4.78 is 7.99. The Morgan fingerprint density at radius 2 is 1.62 bits per heavy atom. The number of nitrogens with zero attached hydrogens (tertiary/aromatic N) is 3. The van der Waals surface area contributed by atoms with Gasteiger partial charge in [0.15, 0.2) is 5.69 Å². The fourth-order valence-corrected chi connectivity index (χ4v) is 5.44. The number of carbonyl (C=O) groups is 1. The molecule has 1 fully saturated rings. The van der Waals surface area contributed by atoms with E-state index in [1.165, 1.54) is 5.56 Å². The zero-order valence-electron chi connectivity index (χ0n) is 19.8. The summed E-state index contributed by atoms with van der Waals surface area (Å²) in [6.07, 6.45) is 3.09. The maximum absolute atomic E-state index is 13.6. The summed E-state index contributed by atoms with van der Waals surface area (Å²) in [6.45, 7) is 5.43. The highest BCUT2D eigenvalue weighted by atomic mass is 16.5. The molecule has 1 aromatic heterocycles. The molecule has 2 aliphatic rings. The molecule has 2 atom stereocenters. The van der Waals surface area contributed by atoms with Gasteiger partial charge in [0.2, 0.25) is 5.75 Å². The normalized spacial score (nSPS) is 20.0. The molecule has 1 aliphatic carbocycles. The summed E-state index contributed by atoms with van der Waals surface area (Å²) in [6, 6.07) is 20.2. The van der Waals surface area contributed by atoms with Crippen molar-refractivity contribution in [3.63, 3.8) is 0 Å². The molecular formula is C28H31N3O3. The van der Waals surface area contributed by atoms with E-state index in [0.29, 0.717) is 24.7 Å². The van der Waals surface area contributed by atoms with Gasteiger partial charge in [-0.3, -0.25) is 9.59 Å². The van der Waals surface area contributed by atoms with Gasteiger partial charge in [-0.1, -0.05) is 67.1 Å². The fourth-order valence-electron chi connectivity index (χ4n) is 5.44. The van der Waals surface area contributed by atoms with Crippen molar-refractivity contribution in [1.29, 1.82) is 0 Å². The molecule has 176 valence electrons. The van der Waals surface area contributed by atoms with E-state index in [1.54, 1.807) is 0 Å². The Hall–Kier alpha value is -3.41. The van der Waals surface area contributed by atoms with Crippen LogP contribution in [0.15, 0.2) is 65.5 Å². The van der Waals surface area contributed by atoms with Crippen LogP contribution in [0.4, 0.5) is 0 Å². The van der Waals surface area contributed by atoms with Crippen molar-refractivity contribution in [2.24, 2.45) is 0 Å². The lowest BCUT2D eigenvalue weighted by Crippen LogP contribution is -2.47. The molecule has 1 saturated carbocycles. The van der Waals surface area contributed by atoms with Gasteiger partial charge in [-0.25, -0.2) is 0 Å². The van der Waals surface area contributed by atoms with Crippen LogP contribution in [0, 0.1) is 0 Å². The van der Waals surface area contributed by atoms with E-state index in [1.807, 2.05) is 59.7 Å². The summed E-state index contributed by atoms with van der Waals surface area (Å²) in [5.74, 6) is 1.04. The van der Waals surface area contributed by atoms with Gasteiger partial charge in [0.05, 0.1) is 0 Å². The first kappa shape index (κ1) is 22.4. The van der Waals surface area contributed by atoms with Crippen molar-refractivity contribution in [1.82, 2.24) is 14.5 Å². The second-order valence-corrected chi connectivity index (χ2v) is 9.53. The largest absolute Gasteiger partial charge is 0.481 e. The number of rotatable bonds is 6. The Morgan fingerprint density at radius 3 is 2.32 bits per heavy atom. The number of hydrogen-bond donors (Lipinski definition) is 0. The first-order valence-corrected chi connectivity index (χ1v) is 12.2. The van der Waals surface area contributed by atoms with Crippen LogP contribution in [0.5, 0.6) is 5.75 Å². The lowest BCUT2D eigenvalue weighted by molar-refractivity contribution is 0.0633. The van der Waals surface area contributed by atoms with E-state index in [-0.39, 0.29) is 30.2 Å². The predicted molar refractivity (Wildman–Crippen MR) is 131 cm³/mol. The van der Waals surface area contributed by atoms with Crippen LogP contribution in [0.3, 0.4) is 0 Å². The fraction of sp³-hybridized carbons (Fsp3) is 0.393. The lowest BCUT2D eigenvalue weighted by Gasteiger charge is -2.35. The first-order valence-electron chi connectivity index (χ1n) is 12.2.